The van der Waals surface area contributed by atoms with Crippen LogP contribution in [-0.2, 0) is 0 Å². The van der Waals surface area contributed by atoms with Crippen LogP contribution in [0.4, 0.5) is 5.69 Å². The van der Waals surface area contributed by atoms with E-state index < -0.39 is 0 Å². The van der Waals surface area contributed by atoms with Gasteiger partial charge in [0.15, 0.2) is 17.2 Å². The van der Waals surface area contributed by atoms with Crippen LogP contribution in [0.5, 0.6) is 0 Å². The van der Waals surface area contributed by atoms with Gasteiger partial charge in [0.2, 0.25) is 0 Å². The molecule has 1 fully saturated rings. The number of aromatic nitrogens is 4. The Morgan fingerprint density at radius 1 is 1.40 bits per heavy atom. The van der Waals surface area contributed by atoms with Crippen LogP contribution >= 0.6 is 0 Å². The van der Waals surface area contributed by atoms with E-state index in [1.165, 1.54) is 6.20 Å². The van der Waals surface area contributed by atoms with Gasteiger partial charge in [-0.05, 0) is 31.0 Å². The Kier molecular flexibility index (Phi) is 2.32. The van der Waals surface area contributed by atoms with Crippen LogP contribution in [0, 0.1) is 0 Å². The molecule has 7 heteroatoms. The molecule has 1 amide bonds. The van der Waals surface area contributed by atoms with Crippen molar-refractivity contribution in [1.29, 1.82) is 0 Å². The Balaban J connectivity index is 1.61. The number of rotatable bonds is 3. The molecule has 2 N–H and O–H groups in total. The predicted molar refractivity (Wildman–Crippen MR) is 70.3 cm³/mol. The van der Waals surface area contributed by atoms with Gasteiger partial charge < -0.3 is 9.73 Å². The lowest BCUT2D eigenvalue weighted by molar-refractivity contribution is 0.102. The number of nitrogens with zero attached hydrogens (tertiary/aromatic N) is 3. The van der Waals surface area contributed by atoms with Crippen LogP contribution in [0.3, 0.4) is 0 Å². The summed E-state index contributed by atoms with van der Waals surface area (Å²) in [7, 11) is 0. The molecule has 0 aliphatic heterocycles. The molecule has 0 radical (unpaired) electrons. The molecule has 1 aliphatic carbocycles. The maximum absolute atomic E-state index is 11.9. The van der Waals surface area contributed by atoms with Crippen molar-refractivity contribution in [2.75, 3.05) is 5.32 Å². The minimum atomic E-state index is -0.316. The second kappa shape index (κ2) is 4.16. The highest BCUT2D eigenvalue weighted by Crippen LogP contribution is 2.40. The number of amides is 1. The van der Waals surface area contributed by atoms with Crippen LogP contribution in [0.2, 0.25) is 0 Å². The van der Waals surface area contributed by atoms with Crippen LogP contribution in [0.15, 0.2) is 28.8 Å². The third-order valence-corrected chi connectivity index (χ3v) is 3.24. The molecule has 7 nitrogen and oxygen atoms in total. The van der Waals surface area contributed by atoms with Crippen LogP contribution < -0.4 is 5.32 Å². The van der Waals surface area contributed by atoms with Crippen molar-refractivity contribution < 1.29 is 9.21 Å². The normalized spacial score (nSPS) is 14.6. The third-order valence-electron chi connectivity index (χ3n) is 3.24. The quantitative estimate of drug-likeness (QED) is 0.758. The minimum absolute atomic E-state index is 0.240. The average Bonchev–Trinajstić information content (AvgIpc) is 3.00. The summed E-state index contributed by atoms with van der Waals surface area (Å²) in [6.07, 6.45) is 3.65. The molecular formula is C13H11N5O2. The fraction of sp³-hybridized carbons (Fsp3) is 0.231. The van der Waals surface area contributed by atoms with E-state index in [1.54, 1.807) is 12.1 Å². The first kappa shape index (κ1) is 11.2. The second-order valence-corrected chi connectivity index (χ2v) is 4.82. The highest BCUT2D eigenvalue weighted by molar-refractivity contribution is 6.03. The summed E-state index contributed by atoms with van der Waals surface area (Å²) in [6.45, 7) is 0. The van der Waals surface area contributed by atoms with E-state index in [4.69, 9.17) is 4.42 Å². The first-order valence-electron chi connectivity index (χ1n) is 6.37. The van der Waals surface area contributed by atoms with E-state index in [0.29, 0.717) is 11.6 Å². The second-order valence-electron chi connectivity index (χ2n) is 4.82. The Bertz CT molecular complexity index is 773. The van der Waals surface area contributed by atoms with E-state index in [9.17, 15) is 4.79 Å². The first-order chi connectivity index (χ1) is 9.79. The summed E-state index contributed by atoms with van der Waals surface area (Å²) in [6, 6.07) is 5.39. The van der Waals surface area contributed by atoms with Gasteiger partial charge in [-0.2, -0.15) is 15.4 Å². The highest BCUT2D eigenvalue weighted by Gasteiger charge is 2.28. The Labute approximate surface area is 113 Å². The molecule has 0 bridgehead atoms. The summed E-state index contributed by atoms with van der Waals surface area (Å²) >= 11 is 0. The number of hydrogen-bond acceptors (Lipinski definition) is 5. The molecule has 2 aromatic heterocycles. The smallest absolute Gasteiger partial charge is 0.277 e. The lowest BCUT2D eigenvalue weighted by Crippen LogP contribution is -2.12. The van der Waals surface area contributed by atoms with Gasteiger partial charge in [-0.25, -0.2) is 4.98 Å². The third kappa shape index (κ3) is 1.93. The van der Waals surface area contributed by atoms with Gasteiger partial charge in [0.1, 0.15) is 5.52 Å². The number of nitrogens with one attached hydrogen (secondary N) is 2. The molecule has 0 saturated heterocycles. The monoisotopic (exact) mass is 269 g/mol. The maximum Gasteiger partial charge on any atom is 0.277 e. The molecule has 2 heterocycles. The maximum atomic E-state index is 11.9. The van der Waals surface area contributed by atoms with Crippen molar-refractivity contribution in [3.63, 3.8) is 0 Å². The molecule has 1 saturated carbocycles. The number of hydrogen-bond donors (Lipinski definition) is 2. The molecule has 20 heavy (non-hydrogen) atoms. The Morgan fingerprint density at radius 3 is 3.05 bits per heavy atom. The van der Waals surface area contributed by atoms with Gasteiger partial charge in [0.25, 0.3) is 5.91 Å². The zero-order valence-corrected chi connectivity index (χ0v) is 10.5. The summed E-state index contributed by atoms with van der Waals surface area (Å²) < 4.78 is 5.67. The standard InChI is InChI=1S/C13H11N5O2/c19-12(10-6-14-18-17-10)15-8-3-4-11-9(5-8)16-13(20-11)7-1-2-7/h3-7H,1-2H2,(H,15,19)(H,14,17,18). The lowest BCUT2D eigenvalue weighted by atomic mass is 10.3. The lowest BCUT2D eigenvalue weighted by Gasteiger charge is -2.01. The number of carbonyl (C=O) groups is 1. The van der Waals surface area contributed by atoms with Crippen molar-refractivity contribution in [2.45, 2.75) is 18.8 Å². The number of aromatic amines is 1. The fourth-order valence-corrected chi connectivity index (χ4v) is 2.03. The van der Waals surface area contributed by atoms with Crippen LogP contribution in [0.1, 0.15) is 35.1 Å². The average molecular weight is 269 g/mol. The Morgan fingerprint density at radius 2 is 2.30 bits per heavy atom. The number of H-pyrrole nitrogens is 1. The van der Waals surface area contributed by atoms with Gasteiger partial charge in [-0.1, -0.05) is 0 Å². The number of carbonyl (C=O) groups excluding carboxylic acids is 1. The van der Waals surface area contributed by atoms with Crippen LogP contribution in [-0.4, -0.2) is 26.3 Å². The molecule has 0 unspecified atom stereocenters. The van der Waals surface area contributed by atoms with Gasteiger partial charge in [0.05, 0.1) is 6.20 Å². The number of fused-ring (bicyclic) bond motifs is 1. The molecule has 1 aromatic carbocycles. The minimum Gasteiger partial charge on any atom is -0.440 e. The fourth-order valence-electron chi connectivity index (χ4n) is 2.03. The molecule has 100 valence electrons. The molecule has 3 aromatic rings. The molecule has 0 atom stereocenters. The number of oxazole rings is 1. The van der Waals surface area contributed by atoms with E-state index in [2.05, 4.69) is 25.7 Å². The van der Waals surface area contributed by atoms with Gasteiger partial charge in [-0.15, -0.1) is 0 Å². The number of benzene rings is 1. The highest BCUT2D eigenvalue weighted by atomic mass is 16.3. The van der Waals surface area contributed by atoms with Gasteiger partial charge in [-0.3, -0.25) is 4.79 Å². The van der Waals surface area contributed by atoms with Crippen LogP contribution in [0.25, 0.3) is 11.1 Å². The van der Waals surface area contributed by atoms with E-state index in [0.717, 1.165) is 29.8 Å². The molecule has 4 rings (SSSR count). The first-order valence-corrected chi connectivity index (χ1v) is 6.37. The van der Waals surface area contributed by atoms with E-state index in [-0.39, 0.29) is 11.6 Å². The molecule has 1 aliphatic rings. The summed E-state index contributed by atoms with van der Waals surface area (Å²) in [4.78, 5) is 16.3. The van der Waals surface area contributed by atoms with Gasteiger partial charge >= 0.3 is 0 Å². The largest absolute Gasteiger partial charge is 0.440 e. The molecule has 0 spiro atoms. The zero-order chi connectivity index (χ0) is 13.5. The van der Waals surface area contributed by atoms with Crippen molar-refractivity contribution in [3.8, 4) is 0 Å². The van der Waals surface area contributed by atoms with Crippen molar-refractivity contribution >= 4 is 22.7 Å². The summed E-state index contributed by atoms with van der Waals surface area (Å²) in [5, 5.41) is 12.5. The van der Waals surface area contributed by atoms with Crippen molar-refractivity contribution in [2.24, 2.45) is 0 Å². The number of anilines is 1. The predicted octanol–water partition coefficient (Wildman–Crippen LogP) is 2.08. The zero-order valence-electron chi connectivity index (χ0n) is 10.5. The van der Waals surface area contributed by atoms with Crippen molar-refractivity contribution in [1.82, 2.24) is 20.4 Å². The SMILES string of the molecule is O=C(Nc1ccc2oc(C3CC3)nc2c1)c1cn[nH]n1. The summed E-state index contributed by atoms with van der Waals surface area (Å²) in [5.41, 5.74) is 2.39. The topological polar surface area (TPSA) is 96.7 Å². The molecular weight excluding hydrogens is 258 g/mol. The summed E-state index contributed by atoms with van der Waals surface area (Å²) in [5.74, 6) is 0.944. The Hall–Kier alpha value is -2.70. The van der Waals surface area contributed by atoms with E-state index >= 15 is 0 Å². The van der Waals surface area contributed by atoms with Gasteiger partial charge in [0, 0.05) is 11.6 Å². The van der Waals surface area contributed by atoms with Crippen molar-refractivity contribution in [3.05, 3.63) is 36.0 Å². The van der Waals surface area contributed by atoms with E-state index in [1.807, 2.05) is 6.07 Å².